The first-order chi connectivity index (χ1) is 10.2. The second kappa shape index (κ2) is 5.71. The number of hydrogen-bond acceptors (Lipinski definition) is 5. The molecular weight excluding hydrogens is 306 g/mol. The normalized spacial score (nSPS) is 10.7. The van der Waals surface area contributed by atoms with Crippen LogP contribution in [0.2, 0.25) is 0 Å². The Labute approximate surface area is 128 Å². The molecule has 1 aromatic carbocycles. The van der Waals surface area contributed by atoms with E-state index < -0.39 is 5.91 Å². The van der Waals surface area contributed by atoms with Crippen LogP contribution in [0.5, 0.6) is 0 Å². The van der Waals surface area contributed by atoms with Gasteiger partial charge in [-0.05, 0) is 24.5 Å². The first kappa shape index (κ1) is 13.8. The molecule has 106 valence electrons. The van der Waals surface area contributed by atoms with Crippen molar-refractivity contribution in [2.45, 2.75) is 4.34 Å². The summed E-state index contributed by atoms with van der Waals surface area (Å²) in [5.74, 6) is -0.425. The maximum atomic E-state index is 12.1. The predicted molar refractivity (Wildman–Crippen MR) is 86.4 cm³/mol. The lowest BCUT2D eigenvalue weighted by molar-refractivity contribution is 0.102. The van der Waals surface area contributed by atoms with Gasteiger partial charge in [0.25, 0.3) is 5.91 Å². The molecule has 3 rings (SSSR count). The number of thiazole rings is 1. The van der Waals surface area contributed by atoms with E-state index in [1.165, 1.54) is 18.5 Å². The van der Waals surface area contributed by atoms with E-state index in [0.29, 0.717) is 5.69 Å². The largest absolute Gasteiger partial charge is 0.367 e. The molecule has 0 aliphatic rings. The predicted octanol–water partition coefficient (Wildman–Crippen LogP) is 2.96. The Kier molecular flexibility index (Phi) is 3.76. The number of rotatable bonds is 3. The molecule has 3 aromatic rings. The Morgan fingerprint density at radius 3 is 3.00 bits per heavy atom. The summed E-state index contributed by atoms with van der Waals surface area (Å²) in [6.07, 6.45) is 4.86. The van der Waals surface area contributed by atoms with Crippen molar-refractivity contribution in [3.63, 3.8) is 0 Å². The Hall–Kier alpha value is -2.12. The number of aromatic nitrogens is 2. The molecule has 0 atom stereocenters. The topological polar surface area (TPSA) is 74.8 Å². The fourth-order valence-electron chi connectivity index (χ4n) is 1.86. The van der Waals surface area contributed by atoms with Crippen LogP contribution < -0.4 is 10.7 Å². The molecule has 7 heteroatoms. The second-order valence-corrected chi connectivity index (χ2v) is 6.33. The van der Waals surface area contributed by atoms with Crippen LogP contribution in [0.25, 0.3) is 10.2 Å². The van der Waals surface area contributed by atoms with Gasteiger partial charge in [0.05, 0.1) is 10.2 Å². The summed E-state index contributed by atoms with van der Waals surface area (Å²) in [6, 6.07) is 6.82. The number of carbonyl (C=O) groups is 1. The van der Waals surface area contributed by atoms with Crippen molar-refractivity contribution in [2.75, 3.05) is 11.6 Å². The number of amides is 1. The number of carbonyl (C=O) groups excluding carboxylic acids is 1. The zero-order valence-electron chi connectivity index (χ0n) is 11.0. The average Bonchev–Trinajstić information content (AvgIpc) is 2.90. The van der Waals surface area contributed by atoms with Crippen LogP contribution in [-0.2, 0) is 0 Å². The van der Waals surface area contributed by atoms with Crippen molar-refractivity contribution in [3.8, 4) is 0 Å². The standard InChI is InChI=1S/C14H11N3O2S2/c1-20-14-17-10-3-2-8(6-12(10)21-14)16-13(19)9-7-15-5-4-11(9)18/h2-7H,1H3,(H,15,18)(H,16,19). The van der Waals surface area contributed by atoms with Gasteiger partial charge in [-0.15, -0.1) is 11.3 Å². The molecule has 1 amide bonds. The molecule has 0 aliphatic heterocycles. The fourth-order valence-corrected chi connectivity index (χ4v) is 3.39. The van der Waals surface area contributed by atoms with Crippen LogP contribution >= 0.6 is 23.1 Å². The van der Waals surface area contributed by atoms with Crippen molar-refractivity contribution in [3.05, 3.63) is 52.4 Å². The summed E-state index contributed by atoms with van der Waals surface area (Å²) in [5, 5.41) is 2.73. The molecule has 5 nitrogen and oxygen atoms in total. The highest BCUT2D eigenvalue weighted by Gasteiger charge is 2.11. The molecule has 21 heavy (non-hydrogen) atoms. The van der Waals surface area contributed by atoms with E-state index in [4.69, 9.17) is 0 Å². The zero-order chi connectivity index (χ0) is 14.8. The van der Waals surface area contributed by atoms with Gasteiger partial charge in [-0.3, -0.25) is 9.59 Å². The smallest absolute Gasteiger partial charge is 0.261 e. The number of hydrogen-bond donors (Lipinski definition) is 2. The molecule has 0 saturated heterocycles. The van der Waals surface area contributed by atoms with E-state index in [9.17, 15) is 9.59 Å². The third-order valence-electron chi connectivity index (χ3n) is 2.87. The van der Waals surface area contributed by atoms with Crippen molar-refractivity contribution in [2.24, 2.45) is 0 Å². The first-order valence-electron chi connectivity index (χ1n) is 6.10. The number of aromatic amines is 1. The number of benzene rings is 1. The number of H-pyrrole nitrogens is 1. The number of thioether (sulfide) groups is 1. The molecule has 0 aliphatic carbocycles. The van der Waals surface area contributed by atoms with Crippen LogP contribution in [0, 0.1) is 0 Å². The Bertz CT molecular complexity index is 870. The molecule has 2 heterocycles. The minimum atomic E-state index is -0.425. The third-order valence-corrected chi connectivity index (χ3v) is 4.87. The van der Waals surface area contributed by atoms with Crippen molar-refractivity contribution < 1.29 is 4.79 Å². The van der Waals surface area contributed by atoms with Gasteiger partial charge in [0.15, 0.2) is 9.77 Å². The van der Waals surface area contributed by atoms with Gasteiger partial charge >= 0.3 is 0 Å². The van der Waals surface area contributed by atoms with Crippen molar-refractivity contribution in [1.29, 1.82) is 0 Å². The highest BCUT2D eigenvalue weighted by atomic mass is 32.2. The van der Waals surface area contributed by atoms with Crippen molar-refractivity contribution in [1.82, 2.24) is 9.97 Å². The Morgan fingerprint density at radius 2 is 2.24 bits per heavy atom. The molecule has 0 saturated carbocycles. The van der Waals surface area contributed by atoms with Crippen molar-refractivity contribution >= 4 is 44.9 Å². The molecule has 0 spiro atoms. The lowest BCUT2D eigenvalue weighted by atomic mass is 10.2. The Morgan fingerprint density at radius 1 is 1.38 bits per heavy atom. The molecule has 0 fully saturated rings. The maximum absolute atomic E-state index is 12.1. The van der Waals surface area contributed by atoms with Gasteiger partial charge < -0.3 is 10.3 Å². The number of nitrogens with zero attached hydrogens (tertiary/aromatic N) is 1. The highest BCUT2D eigenvalue weighted by molar-refractivity contribution is 8.00. The first-order valence-corrected chi connectivity index (χ1v) is 8.14. The summed E-state index contributed by atoms with van der Waals surface area (Å²) in [4.78, 5) is 30.9. The quantitative estimate of drug-likeness (QED) is 0.728. The SMILES string of the molecule is CSc1nc2ccc(NC(=O)c3c[nH]ccc3=O)cc2s1. The molecule has 0 bridgehead atoms. The number of nitrogens with one attached hydrogen (secondary N) is 2. The summed E-state index contributed by atoms with van der Waals surface area (Å²) in [7, 11) is 0. The summed E-state index contributed by atoms with van der Waals surface area (Å²) in [5.41, 5.74) is 1.33. The van der Waals surface area contributed by atoms with E-state index in [-0.39, 0.29) is 11.0 Å². The average molecular weight is 317 g/mol. The van der Waals surface area contributed by atoms with E-state index in [2.05, 4.69) is 15.3 Å². The molecule has 0 radical (unpaired) electrons. The molecular formula is C14H11N3O2S2. The van der Waals surface area contributed by atoms with E-state index >= 15 is 0 Å². The zero-order valence-corrected chi connectivity index (χ0v) is 12.7. The maximum Gasteiger partial charge on any atom is 0.261 e. The van der Waals surface area contributed by atoms with Crippen LogP contribution in [0.1, 0.15) is 10.4 Å². The fraction of sp³-hybridized carbons (Fsp3) is 0.0714. The number of fused-ring (bicyclic) bond motifs is 1. The van der Waals surface area contributed by atoms with Crippen LogP contribution in [0.4, 0.5) is 5.69 Å². The van der Waals surface area contributed by atoms with Crippen LogP contribution in [0.15, 0.2) is 45.8 Å². The molecule has 2 aromatic heterocycles. The van der Waals surface area contributed by atoms with E-state index in [1.54, 1.807) is 29.2 Å². The lowest BCUT2D eigenvalue weighted by Gasteiger charge is -2.04. The third kappa shape index (κ3) is 2.84. The van der Waals surface area contributed by atoms with Crippen LogP contribution in [0.3, 0.4) is 0 Å². The van der Waals surface area contributed by atoms with Gasteiger partial charge in [0.2, 0.25) is 0 Å². The number of anilines is 1. The summed E-state index contributed by atoms with van der Waals surface area (Å²) >= 11 is 3.16. The van der Waals surface area contributed by atoms with Gasteiger partial charge in [0, 0.05) is 24.1 Å². The monoisotopic (exact) mass is 317 g/mol. The summed E-state index contributed by atoms with van der Waals surface area (Å²) < 4.78 is 1.98. The Balaban J connectivity index is 1.89. The van der Waals surface area contributed by atoms with E-state index in [0.717, 1.165) is 14.6 Å². The molecule has 0 unspecified atom stereocenters. The highest BCUT2D eigenvalue weighted by Crippen LogP contribution is 2.29. The van der Waals surface area contributed by atoms with Gasteiger partial charge in [-0.25, -0.2) is 4.98 Å². The minimum absolute atomic E-state index is 0.0895. The van der Waals surface area contributed by atoms with Gasteiger partial charge in [0.1, 0.15) is 5.56 Å². The summed E-state index contributed by atoms with van der Waals surface area (Å²) in [6.45, 7) is 0. The molecule has 2 N–H and O–H groups in total. The lowest BCUT2D eigenvalue weighted by Crippen LogP contribution is -2.20. The van der Waals surface area contributed by atoms with Gasteiger partial charge in [-0.1, -0.05) is 11.8 Å². The van der Waals surface area contributed by atoms with Crippen LogP contribution in [-0.4, -0.2) is 22.1 Å². The van der Waals surface area contributed by atoms with E-state index in [1.807, 2.05) is 18.4 Å². The minimum Gasteiger partial charge on any atom is -0.367 e. The van der Waals surface area contributed by atoms with Gasteiger partial charge in [-0.2, -0.15) is 0 Å². The second-order valence-electron chi connectivity index (χ2n) is 4.24. The number of pyridine rings is 1.